The van der Waals surface area contributed by atoms with Crippen LogP contribution in [-0.2, 0) is 6.42 Å². The van der Waals surface area contributed by atoms with Crippen LogP contribution < -0.4 is 0 Å². The van der Waals surface area contributed by atoms with Gasteiger partial charge in [-0.25, -0.2) is 0 Å². The lowest BCUT2D eigenvalue weighted by Crippen LogP contribution is -1.96. The zero-order valence-corrected chi connectivity index (χ0v) is 7.10. The molecule has 1 N–H and O–H groups in total. The summed E-state index contributed by atoms with van der Waals surface area (Å²) in [6.45, 7) is 0.0344. The molecule has 0 spiro atoms. The van der Waals surface area contributed by atoms with E-state index in [0.717, 1.165) is 0 Å². The summed E-state index contributed by atoms with van der Waals surface area (Å²) in [6.07, 6.45) is 0.448. The fourth-order valence-electron chi connectivity index (χ4n) is 0.627. The number of aliphatic hydroxyl groups excluding tert-OH is 1. The summed E-state index contributed by atoms with van der Waals surface area (Å²) in [5.41, 5.74) is 0.641. The van der Waals surface area contributed by atoms with Gasteiger partial charge in [0.1, 0.15) is 0 Å². The molecule has 1 heterocycles. The molecule has 0 aliphatic carbocycles. The van der Waals surface area contributed by atoms with Gasteiger partial charge in [-0.3, -0.25) is 0 Å². The van der Waals surface area contributed by atoms with Gasteiger partial charge in [-0.1, -0.05) is 23.2 Å². The van der Waals surface area contributed by atoms with E-state index in [2.05, 4.69) is 10.2 Å². The summed E-state index contributed by atoms with van der Waals surface area (Å²) < 4.78 is 0. The monoisotopic (exact) mass is 192 g/mol. The van der Waals surface area contributed by atoms with Crippen molar-refractivity contribution in [2.24, 2.45) is 0 Å². The van der Waals surface area contributed by atoms with E-state index < -0.39 is 0 Å². The van der Waals surface area contributed by atoms with Crippen LogP contribution in [0.15, 0.2) is 6.07 Å². The van der Waals surface area contributed by atoms with Crippen LogP contribution in [0.5, 0.6) is 0 Å². The Morgan fingerprint density at radius 2 is 2.09 bits per heavy atom. The first kappa shape index (κ1) is 8.71. The molecule has 0 atom stereocenters. The summed E-state index contributed by atoms with van der Waals surface area (Å²) in [4.78, 5) is 0. The van der Waals surface area contributed by atoms with Gasteiger partial charge in [0, 0.05) is 13.0 Å². The van der Waals surface area contributed by atoms with Crippen molar-refractivity contribution in [1.82, 2.24) is 10.2 Å². The molecule has 0 fully saturated rings. The van der Waals surface area contributed by atoms with Gasteiger partial charge in [-0.2, -0.15) is 5.10 Å². The van der Waals surface area contributed by atoms with Crippen LogP contribution in [0.25, 0.3) is 0 Å². The van der Waals surface area contributed by atoms with Gasteiger partial charge in [-0.15, -0.1) is 5.10 Å². The van der Waals surface area contributed by atoms with Gasteiger partial charge in [-0.05, 0) is 6.07 Å². The highest BCUT2D eigenvalue weighted by atomic mass is 35.5. The van der Waals surface area contributed by atoms with E-state index in [0.29, 0.717) is 17.1 Å². The van der Waals surface area contributed by atoms with Crippen molar-refractivity contribution >= 4 is 23.2 Å². The standard InChI is InChI=1S/C6H6Cl2N2O/c7-5-3-4(1-2-11)9-10-6(5)8/h3,11H,1-2H2. The average Bonchev–Trinajstić information content (AvgIpc) is 1.98. The first-order valence-corrected chi connectivity index (χ1v) is 3.78. The van der Waals surface area contributed by atoms with Crippen LogP contribution in [0.2, 0.25) is 10.2 Å². The van der Waals surface area contributed by atoms with Crippen molar-refractivity contribution in [3.8, 4) is 0 Å². The molecule has 0 unspecified atom stereocenters. The summed E-state index contributed by atoms with van der Waals surface area (Å²) in [5, 5.41) is 16.4. The first-order valence-electron chi connectivity index (χ1n) is 3.02. The number of aromatic nitrogens is 2. The van der Waals surface area contributed by atoms with Crippen LogP contribution in [0, 0.1) is 0 Å². The molecule has 0 saturated heterocycles. The highest BCUT2D eigenvalue weighted by Crippen LogP contribution is 2.17. The molecule has 0 amide bonds. The van der Waals surface area contributed by atoms with Crippen molar-refractivity contribution in [3.05, 3.63) is 21.9 Å². The van der Waals surface area contributed by atoms with Gasteiger partial charge < -0.3 is 5.11 Å². The largest absolute Gasteiger partial charge is 0.396 e. The van der Waals surface area contributed by atoms with E-state index in [-0.39, 0.29) is 11.8 Å². The molecule has 1 aromatic rings. The third kappa shape index (κ3) is 2.29. The Hall–Kier alpha value is -0.380. The number of aliphatic hydroxyl groups is 1. The molecule has 60 valence electrons. The lowest BCUT2D eigenvalue weighted by molar-refractivity contribution is 0.298. The molecule has 0 saturated carbocycles. The Bertz CT molecular complexity index is 254. The quantitative estimate of drug-likeness (QED) is 0.770. The Kier molecular flexibility index (Phi) is 3.05. The molecule has 0 radical (unpaired) electrons. The number of hydrogen-bond donors (Lipinski definition) is 1. The number of rotatable bonds is 2. The van der Waals surface area contributed by atoms with Gasteiger partial charge in [0.2, 0.25) is 0 Å². The fraction of sp³-hybridized carbons (Fsp3) is 0.333. The van der Waals surface area contributed by atoms with E-state index in [9.17, 15) is 0 Å². The molecule has 3 nitrogen and oxygen atoms in total. The predicted octanol–water partition coefficient (Wildman–Crippen LogP) is 1.32. The molecule has 1 aromatic heterocycles. The van der Waals surface area contributed by atoms with Gasteiger partial charge in [0.05, 0.1) is 10.7 Å². The van der Waals surface area contributed by atoms with Crippen molar-refractivity contribution in [1.29, 1.82) is 0 Å². The number of halogens is 2. The third-order valence-corrected chi connectivity index (χ3v) is 1.79. The maximum absolute atomic E-state index is 8.54. The number of hydrogen-bond acceptors (Lipinski definition) is 3. The van der Waals surface area contributed by atoms with Crippen LogP contribution in [0.3, 0.4) is 0 Å². The van der Waals surface area contributed by atoms with Crippen molar-refractivity contribution in [2.75, 3.05) is 6.61 Å². The maximum atomic E-state index is 8.54. The lowest BCUT2D eigenvalue weighted by Gasteiger charge is -1.96. The van der Waals surface area contributed by atoms with Crippen LogP contribution in [0.4, 0.5) is 0 Å². The molecule has 1 rings (SSSR count). The highest BCUT2D eigenvalue weighted by molar-refractivity contribution is 6.41. The topological polar surface area (TPSA) is 46.0 Å². The number of nitrogens with zero attached hydrogens (tertiary/aromatic N) is 2. The minimum Gasteiger partial charge on any atom is -0.396 e. The van der Waals surface area contributed by atoms with Crippen molar-refractivity contribution in [3.63, 3.8) is 0 Å². The molecule has 5 heteroatoms. The Morgan fingerprint density at radius 1 is 1.36 bits per heavy atom. The Morgan fingerprint density at radius 3 is 2.64 bits per heavy atom. The molecule has 0 aliphatic rings. The molecule has 0 aromatic carbocycles. The SMILES string of the molecule is OCCc1cc(Cl)c(Cl)nn1. The van der Waals surface area contributed by atoms with Crippen LogP contribution in [0.1, 0.15) is 5.69 Å². The van der Waals surface area contributed by atoms with Crippen molar-refractivity contribution in [2.45, 2.75) is 6.42 Å². The van der Waals surface area contributed by atoms with E-state index >= 15 is 0 Å². The Labute approximate surface area is 74.0 Å². The summed E-state index contributed by atoms with van der Waals surface area (Å²) >= 11 is 11.1. The highest BCUT2D eigenvalue weighted by Gasteiger charge is 2.01. The second-order valence-corrected chi connectivity index (χ2v) is 2.71. The van der Waals surface area contributed by atoms with E-state index in [1.54, 1.807) is 6.07 Å². The summed E-state index contributed by atoms with van der Waals surface area (Å²) in [5.74, 6) is 0. The van der Waals surface area contributed by atoms with E-state index in [1.165, 1.54) is 0 Å². The minimum atomic E-state index is 0.0344. The van der Waals surface area contributed by atoms with E-state index in [4.69, 9.17) is 28.3 Å². The second-order valence-electron chi connectivity index (χ2n) is 1.95. The second kappa shape index (κ2) is 3.85. The average molecular weight is 193 g/mol. The molecule has 11 heavy (non-hydrogen) atoms. The minimum absolute atomic E-state index is 0.0344. The molecule has 0 bridgehead atoms. The van der Waals surface area contributed by atoms with Crippen molar-refractivity contribution < 1.29 is 5.11 Å². The molecular weight excluding hydrogens is 187 g/mol. The maximum Gasteiger partial charge on any atom is 0.170 e. The van der Waals surface area contributed by atoms with Crippen LogP contribution in [-0.4, -0.2) is 21.9 Å². The Balaban J connectivity index is 2.86. The lowest BCUT2D eigenvalue weighted by atomic mass is 10.3. The smallest absolute Gasteiger partial charge is 0.170 e. The van der Waals surface area contributed by atoms with Crippen LogP contribution >= 0.6 is 23.2 Å². The third-order valence-electron chi connectivity index (χ3n) is 1.12. The zero-order chi connectivity index (χ0) is 8.27. The normalized spacial score (nSPS) is 10.1. The van der Waals surface area contributed by atoms with Gasteiger partial charge in [0.25, 0.3) is 0 Å². The molecule has 0 aliphatic heterocycles. The van der Waals surface area contributed by atoms with Gasteiger partial charge in [0.15, 0.2) is 5.15 Å². The van der Waals surface area contributed by atoms with E-state index in [1.807, 2.05) is 0 Å². The summed E-state index contributed by atoms with van der Waals surface area (Å²) in [6, 6.07) is 1.59. The fourth-order valence-corrected chi connectivity index (χ4v) is 0.883. The van der Waals surface area contributed by atoms with Gasteiger partial charge >= 0.3 is 0 Å². The first-order chi connectivity index (χ1) is 5.24. The predicted molar refractivity (Wildman–Crippen MR) is 42.8 cm³/mol. The zero-order valence-electron chi connectivity index (χ0n) is 5.59. The summed E-state index contributed by atoms with van der Waals surface area (Å²) in [7, 11) is 0. The molecular formula is C6H6Cl2N2O.